The van der Waals surface area contributed by atoms with Crippen molar-refractivity contribution in [3.05, 3.63) is 0 Å². The van der Waals surface area contributed by atoms with E-state index in [1.807, 2.05) is 13.8 Å². The topological polar surface area (TPSA) is 90.3 Å². The molecule has 7 heteroatoms. The average molecular weight is 302 g/mol. The van der Waals surface area contributed by atoms with Crippen molar-refractivity contribution in [1.29, 1.82) is 0 Å². The molecule has 0 radical (unpaired) electrons. The fourth-order valence-electron chi connectivity index (χ4n) is 2.43. The molecular formula is C14H26N2O5. The first kappa shape index (κ1) is 17.7. The lowest BCUT2D eigenvalue weighted by Gasteiger charge is -2.45. The number of carbonyl (C=O) groups excluding carboxylic acids is 1. The van der Waals surface area contributed by atoms with Crippen LogP contribution < -0.4 is 0 Å². The number of carboxylic acid groups (broad SMARTS) is 1. The zero-order valence-electron chi connectivity index (χ0n) is 13.4. The van der Waals surface area contributed by atoms with Crippen molar-refractivity contribution in [3.63, 3.8) is 0 Å². The smallest absolute Gasteiger partial charge is 0.323 e. The Labute approximate surface area is 125 Å². The number of morpholine rings is 1. The minimum atomic E-state index is -1.05. The number of nitrogens with zero attached hydrogens (tertiary/aromatic N) is 2. The number of carboxylic acids is 1. The summed E-state index contributed by atoms with van der Waals surface area (Å²) in [6, 6.07) is -0.347. The lowest BCUT2D eigenvalue weighted by atomic mass is 10.0. The number of aliphatic hydroxyl groups is 1. The Morgan fingerprint density at radius 1 is 1.38 bits per heavy atom. The molecule has 0 aliphatic carbocycles. The van der Waals surface area contributed by atoms with Crippen molar-refractivity contribution in [1.82, 2.24) is 9.80 Å². The number of hydrogen-bond donors (Lipinski definition) is 2. The van der Waals surface area contributed by atoms with Crippen LogP contribution in [-0.2, 0) is 9.53 Å². The highest BCUT2D eigenvalue weighted by Gasteiger charge is 2.39. The van der Waals surface area contributed by atoms with Crippen molar-refractivity contribution in [2.24, 2.45) is 0 Å². The van der Waals surface area contributed by atoms with Gasteiger partial charge in [0, 0.05) is 5.54 Å². The van der Waals surface area contributed by atoms with E-state index in [1.165, 1.54) is 4.90 Å². The molecule has 1 aliphatic rings. The largest absolute Gasteiger partial charge is 0.480 e. The fourth-order valence-corrected chi connectivity index (χ4v) is 2.43. The Kier molecular flexibility index (Phi) is 5.22. The molecule has 7 nitrogen and oxygen atoms in total. The maximum absolute atomic E-state index is 12.7. The lowest BCUT2D eigenvalue weighted by Crippen LogP contribution is -2.61. The van der Waals surface area contributed by atoms with Crippen LogP contribution in [-0.4, -0.2) is 75.5 Å². The number of urea groups is 1. The van der Waals surface area contributed by atoms with Crippen LogP contribution in [0.15, 0.2) is 0 Å². The van der Waals surface area contributed by atoms with E-state index in [4.69, 9.17) is 9.84 Å². The summed E-state index contributed by atoms with van der Waals surface area (Å²) >= 11 is 0. The molecule has 0 aromatic rings. The van der Waals surface area contributed by atoms with Gasteiger partial charge in [-0.2, -0.15) is 0 Å². The summed E-state index contributed by atoms with van der Waals surface area (Å²) in [5.74, 6) is -1.05. The first-order valence-corrected chi connectivity index (χ1v) is 7.03. The molecule has 122 valence electrons. The lowest BCUT2D eigenvalue weighted by molar-refractivity contribution is -0.144. The summed E-state index contributed by atoms with van der Waals surface area (Å²) in [4.78, 5) is 26.6. The standard InChI is InChI=1S/C14H26N2O5/c1-13(2,3)16(7-11(18)19)12(20)15-6-10(8-17)21-14(4,5)9-15/h10,17H,6-9H2,1-5H3,(H,18,19). The number of aliphatic carboxylic acids is 1. The van der Waals surface area contributed by atoms with Crippen molar-refractivity contribution in [3.8, 4) is 0 Å². The van der Waals surface area contributed by atoms with E-state index in [1.54, 1.807) is 25.7 Å². The van der Waals surface area contributed by atoms with E-state index < -0.39 is 23.2 Å². The molecule has 0 aromatic carbocycles. The van der Waals surface area contributed by atoms with Crippen LogP contribution in [0.3, 0.4) is 0 Å². The summed E-state index contributed by atoms with van der Waals surface area (Å²) in [7, 11) is 0. The number of ether oxygens (including phenoxy) is 1. The number of amides is 2. The van der Waals surface area contributed by atoms with E-state index >= 15 is 0 Å². The molecule has 1 unspecified atom stereocenters. The molecule has 2 N–H and O–H groups in total. The number of hydrogen-bond acceptors (Lipinski definition) is 4. The maximum atomic E-state index is 12.7. The second-order valence-corrected chi connectivity index (χ2v) is 7.00. The number of carbonyl (C=O) groups is 2. The van der Waals surface area contributed by atoms with Gasteiger partial charge in [0.25, 0.3) is 0 Å². The van der Waals surface area contributed by atoms with Crippen LogP contribution in [0.5, 0.6) is 0 Å². The van der Waals surface area contributed by atoms with Crippen molar-refractivity contribution in [2.75, 3.05) is 26.2 Å². The van der Waals surface area contributed by atoms with Gasteiger partial charge < -0.3 is 24.7 Å². The highest BCUT2D eigenvalue weighted by atomic mass is 16.5. The maximum Gasteiger partial charge on any atom is 0.323 e. The van der Waals surface area contributed by atoms with Crippen molar-refractivity contribution in [2.45, 2.75) is 51.9 Å². The molecule has 0 spiro atoms. The predicted molar refractivity (Wildman–Crippen MR) is 77.1 cm³/mol. The molecule has 1 atom stereocenters. The fraction of sp³-hybridized carbons (Fsp3) is 0.857. The molecule has 0 bridgehead atoms. The third kappa shape index (κ3) is 4.86. The van der Waals surface area contributed by atoms with Crippen molar-refractivity contribution < 1.29 is 24.5 Å². The van der Waals surface area contributed by atoms with Gasteiger partial charge in [0.15, 0.2) is 0 Å². The summed E-state index contributed by atoms with van der Waals surface area (Å²) in [6.07, 6.45) is -0.454. The zero-order chi connectivity index (χ0) is 16.4. The van der Waals surface area contributed by atoms with E-state index in [-0.39, 0.29) is 25.7 Å². The van der Waals surface area contributed by atoms with Gasteiger partial charge in [0.2, 0.25) is 0 Å². The quantitative estimate of drug-likeness (QED) is 0.803. The Morgan fingerprint density at radius 3 is 2.38 bits per heavy atom. The van der Waals surface area contributed by atoms with Gasteiger partial charge in [-0.3, -0.25) is 4.79 Å². The number of rotatable bonds is 3. The van der Waals surface area contributed by atoms with E-state index in [0.717, 1.165) is 0 Å². The van der Waals surface area contributed by atoms with Crippen LogP contribution in [0.2, 0.25) is 0 Å². The molecule has 0 aromatic heterocycles. The first-order chi connectivity index (χ1) is 9.46. The summed E-state index contributed by atoms with van der Waals surface area (Å²) in [5.41, 5.74) is -1.18. The first-order valence-electron chi connectivity index (χ1n) is 7.03. The summed E-state index contributed by atoms with van der Waals surface area (Å²) in [5, 5.41) is 18.3. The summed E-state index contributed by atoms with van der Waals surface area (Å²) in [6.45, 7) is 9.14. The Hall–Kier alpha value is -1.34. The second-order valence-electron chi connectivity index (χ2n) is 7.00. The summed E-state index contributed by atoms with van der Waals surface area (Å²) < 4.78 is 5.67. The second kappa shape index (κ2) is 6.19. The molecule has 2 amide bonds. The van der Waals surface area contributed by atoms with Crippen LogP contribution >= 0.6 is 0 Å². The molecule has 1 heterocycles. The minimum Gasteiger partial charge on any atom is -0.480 e. The van der Waals surface area contributed by atoms with Crippen LogP contribution in [0.25, 0.3) is 0 Å². The van der Waals surface area contributed by atoms with Crippen LogP contribution in [0.1, 0.15) is 34.6 Å². The van der Waals surface area contributed by atoms with Gasteiger partial charge in [0.1, 0.15) is 6.54 Å². The molecule has 1 rings (SSSR count). The van der Waals surface area contributed by atoms with E-state index in [2.05, 4.69) is 0 Å². The van der Waals surface area contributed by atoms with Gasteiger partial charge in [0.05, 0.1) is 31.4 Å². The highest BCUT2D eigenvalue weighted by molar-refractivity contribution is 5.81. The Morgan fingerprint density at radius 2 is 1.95 bits per heavy atom. The van der Waals surface area contributed by atoms with Gasteiger partial charge in [-0.05, 0) is 34.6 Å². The molecule has 1 saturated heterocycles. The molecule has 0 saturated carbocycles. The zero-order valence-corrected chi connectivity index (χ0v) is 13.4. The van der Waals surface area contributed by atoms with Crippen LogP contribution in [0.4, 0.5) is 4.79 Å². The van der Waals surface area contributed by atoms with E-state index in [0.29, 0.717) is 6.54 Å². The average Bonchev–Trinajstić information content (AvgIpc) is 2.31. The van der Waals surface area contributed by atoms with E-state index in [9.17, 15) is 14.7 Å². The molecule has 1 fully saturated rings. The Balaban J connectivity index is 2.94. The van der Waals surface area contributed by atoms with Gasteiger partial charge in [-0.15, -0.1) is 0 Å². The SMILES string of the molecule is CC1(C)CN(C(=O)N(CC(=O)O)C(C)(C)C)CC(CO)O1. The van der Waals surface area contributed by atoms with Gasteiger partial charge >= 0.3 is 12.0 Å². The Bertz CT molecular complexity index is 403. The van der Waals surface area contributed by atoms with Gasteiger partial charge in [-0.1, -0.05) is 0 Å². The van der Waals surface area contributed by atoms with Gasteiger partial charge in [-0.25, -0.2) is 4.79 Å². The van der Waals surface area contributed by atoms with Crippen LogP contribution in [0, 0.1) is 0 Å². The molecule has 1 aliphatic heterocycles. The highest BCUT2D eigenvalue weighted by Crippen LogP contribution is 2.24. The minimum absolute atomic E-state index is 0.179. The predicted octanol–water partition coefficient (Wildman–Crippen LogP) is 0.763. The number of aliphatic hydroxyl groups excluding tert-OH is 1. The normalized spacial score (nSPS) is 22.0. The monoisotopic (exact) mass is 302 g/mol. The third-order valence-electron chi connectivity index (χ3n) is 3.29. The molecule has 21 heavy (non-hydrogen) atoms. The third-order valence-corrected chi connectivity index (χ3v) is 3.29. The molecular weight excluding hydrogens is 276 g/mol. The van der Waals surface area contributed by atoms with Crippen molar-refractivity contribution >= 4 is 12.0 Å².